The highest BCUT2D eigenvalue weighted by atomic mass is 15.3. The molecule has 1 saturated carbocycles. The predicted molar refractivity (Wildman–Crippen MR) is 114 cm³/mol. The van der Waals surface area contributed by atoms with E-state index in [1.165, 1.54) is 39.0 Å². The monoisotopic (exact) mass is 403 g/mol. The second kappa shape index (κ2) is 7.03. The molecule has 0 atom stereocenters. The molecule has 4 aromatic rings. The van der Waals surface area contributed by atoms with Gasteiger partial charge in [-0.3, -0.25) is 9.30 Å². The summed E-state index contributed by atoms with van der Waals surface area (Å²) >= 11 is 0. The lowest BCUT2D eigenvalue weighted by Gasteiger charge is -2.46. The van der Waals surface area contributed by atoms with E-state index in [0.29, 0.717) is 23.8 Å². The summed E-state index contributed by atoms with van der Waals surface area (Å²) in [5.41, 5.74) is 3.04. The molecule has 5 heterocycles. The fourth-order valence-corrected chi connectivity index (χ4v) is 4.54. The van der Waals surface area contributed by atoms with E-state index in [4.69, 9.17) is 0 Å². The number of piperazine rings is 1. The molecular formula is C21H25N9. The molecule has 30 heavy (non-hydrogen) atoms. The molecule has 1 aliphatic heterocycles. The normalized spacial score (nSPS) is 23.1. The fraction of sp³-hybridized carbons (Fsp3) is 0.429. The van der Waals surface area contributed by atoms with Gasteiger partial charge in [0, 0.05) is 80.4 Å². The second-order valence-electron chi connectivity index (χ2n) is 8.42. The average Bonchev–Trinajstić information content (AvgIpc) is 3.37. The largest absolute Gasteiger partial charge is 0.350 e. The number of hydrogen-bond acceptors (Lipinski definition) is 7. The number of hydrogen-bond donors (Lipinski definition) is 1. The standard InChI is InChI=1S/C21H25N9/c1-27-6-8-28(9-7-27)17-10-16(11-17)25-20-23-13-19-18(2-4-30(19)26-20)15-12-24-21-22-3-5-29(21)14-15/h2-5,12-14,16-17H,6-11H2,1H3,(H,25,26)/t16-,17-. The highest BCUT2D eigenvalue weighted by molar-refractivity contribution is 5.79. The molecule has 0 spiro atoms. The van der Waals surface area contributed by atoms with Crippen LogP contribution in [0.4, 0.5) is 5.95 Å². The molecule has 0 bridgehead atoms. The van der Waals surface area contributed by atoms with Crippen molar-refractivity contribution in [3.05, 3.63) is 43.2 Å². The van der Waals surface area contributed by atoms with Crippen LogP contribution in [0.25, 0.3) is 22.4 Å². The first kappa shape index (κ1) is 17.8. The second-order valence-corrected chi connectivity index (χ2v) is 8.42. The van der Waals surface area contributed by atoms with Crippen molar-refractivity contribution >= 4 is 17.2 Å². The Balaban J connectivity index is 1.15. The summed E-state index contributed by atoms with van der Waals surface area (Å²) in [4.78, 5) is 18.2. The van der Waals surface area contributed by atoms with Gasteiger partial charge in [-0.25, -0.2) is 19.5 Å². The van der Waals surface area contributed by atoms with Crippen molar-refractivity contribution in [1.82, 2.24) is 38.8 Å². The van der Waals surface area contributed by atoms with Gasteiger partial charge in [-0.1, -0.05) is 0 Å². The van der Waals surface area contributed by atoms with Crippen molar-refractivity contribution in [2.45, 2.75) is 24.9 Å². The Morgan fingerprint density at radius 2 is 1.87 bits per heavy atom. The minimum atomic E-state index is 0.454. The molecule has 6 rings (SSSR count). The van der Waals surface area contributed by atoms with E-state index in [1.807, 2.05) is 39.9 Å². The molecule has 1 saturated heterocycles. The van der Waals surface area contributed by atoms with Crippen molar-refractivity contribution in [2.75, 3.05) is 38.5 Å². The maximum absolute atomic E-state index is 4.68. The molecule has 2 fully saturated rings. The van der Waals surface area contributed by atoms with Gasteiger partial charge in [0.15, 0.2) is 0 Å². The minimum Gasteiger partial charge on any atom is -0.350 e. The van der Waals surface area contributed by atoms with Gasteiger partial charge < -0.3 is 10.2 Å². The van der Waals surface area contributed by atoms with E-state index in [2.05, 4.69) is 48.3 Å². The number of nitrogens with zero attached hydrogens (tertiary/aromatic N) is 8. The maximum Gasteiger partial charge on any atom is 0.241 e. The van der Waals surface area contributed by atoms with Gasteiger partial charge in [-0.2, -0.15) is 0 Å². The summed E-state index contributed by atoms with van der Waals surface area (Å²) in [5.74, 6) is 1.38. The van der Waals surface area contributed by atoms with Crippen LogP contribution in [0.1, 0.15) is 12.8 Å². The zero-order valence-electron chi connectivity index (χ0n) is 17.0. The van der Waals surface area contributed by atoms with E-state index in [0.717, 1.165) is 16.6 Å². The first-order valence-corrected chi connectivity index (χ1v) is 10.6. The molecule has 0 aromatic carbocycles. The van der Waals surface area contributed by atoms with Gasteiger partial charge in [0.1, 0.15) is 0 Å². The summed E-state index contributed by atoms with van der Waals surface area (Å²) in [7, 11) is 2.20. The smallest absolute Gasteiger partial charge is 0.241 e. The van der Waals surface area contributed by atoms with Crippen LogP contribution in [0.2, 0.25) is 0 Å². The number of rotatable bonds is 4. The third-order valence-electron chi connectivity index (χ3n) is 6.47. The summed E-state index contributed by atoms with van der Waals surface area (Å²) in [6.07, 6.45) is 13.7. The van der Waals surface area contributed by atoms with Crippen LogP contribution in [0.5, 0.6) is 0 Å². The maximum atomic E-state index is 4.68. The number of imidazole rings is 1. The zero-order valence-corrected chi connectivity index (χ0v) is 17.0. The zero-order chi connectivity index (χ0) is 20.1. The van der Waals surface area contributed by atoms with Gasteiger partial charge in [0.2, 0.25) is 11.7 Å². The first-order valence-electron chi connectivity index (χ1n) is 10.6. The number of aromatic nitrogens is 6. The molecule has 2 aliphatic rings. The van der Waals surface area contributed by atoms with Crippen LogP contribution in [-0.2, 0) is 0 Å². The number of anilines is 1. The lowest BCUT2D eigenvalue weighted by atomic mass is 9.85. The third-order valence-corrected chi connectivity index (χ3v) is 6.47. The van der Waals surface area contributed by atoms with Crippen LogP contribution in [0.3, 0.4) is 0 Å². The summed E-state index contributed by atoms with van der Waals surface area (Å²) < 4.78 is 3.81. The quantitative estimate of drug-likeness (QED) is 0.555. The number of fused-ring (bicyclic) bond motifs is 2. The SMILES string of the molecule is CN1CCN([C@H]2C[C@H](Nc3ncc4c(-c5cnc6nccn6c5)ccn4n3)C2)CC1. The van der Waals surface area contributed by atoms with E-state index in [-0.39, 0.29) is 0 Å². The van der Waals surface area contributed by atoms with E-state index >= 15 is 0 Å². The van der Waals surface area contributed by atoms with Crippen molar-refractivity contribution in [3.8, 4) is 11.1 Å². The van der Waals surface area contributed by atoms with Gasteiger partial charge in [-0.05, 0) is 26.0 Å². The van der Waals surface area contributed by atoms with Gasteiger partial charge in [0.25, 0.3) is 0 Å². The predicted octanol–water partition coefficient (Wildman–Crippen LogP) is 1.63. The van der Waals surface area contributed by atoms with E-state index in [1.54, 1.807) is 6.20 Å². The van der Waals surface area contributed by atoms with Crippen molar-refractivity contribution in [1.29, 1.82) is 0 Å². The Labute approximate surface area is 174 Å². The van der Waals surface area contributed by atoms with E-state index in [9.17, 15) is 0 Å². The molecular weight excluding hydrogens is 378 g/mol. The van der Waals surface area contributed by atoms with Crippen LogP contribution in [0.15, 0.2) is 43.2 Å². The first-order chi connectivity index (χ1) is 14.7. The molecule has 0 unspecified atom stereocenters. The van der Waals surface area contributed by atoms with Crippen LogP contribution < -0.4 is 5.32 Å². The van der Waals surface area contributed by atoms with Crippen LogP contribution >= 0.6 is 0 Å². The Kier molecular flexibility index (Phi) is 4.17. The highest BCUT2D eigenvalue weighted by Gasteiger charge is 2.35. The lowest BCUT2D eigenvalue weighted by molar-refractivity contribution is 0.0656. The van der Waals surface area contributed by atoms with Gasteiger partial charge in [0.05, 0.1) is 11.7 Å². The summed E-state index contributed by atoms with van der Waals surface area (Å²) in [6.45, 7) is 4.71. The van der Waals surface area contributed by atoms with Crippen LogP contribution in [-0.4, -0.2) is 84.1 Å². The number of nitrogens with one attached hydrogen (secondary N) is 1. The Bertz CT molecular complexity index is 1180. The molecule has 0 amide bonds. The van der Waals surface area contributed by atoms with Gasteiger partial charge >= 0.3 is 0 Å². The molecule has 0 radical (unpaired) electrons. The van der Waals surface area contributed by atoms with Crippen molar-refractivity contribution < 1.29 is 0 Å². The Hall–Kier alpha value is -3.04. The molecule has 1 N–H and O–H groups in total. The summed E-state index contributed by atoms with van der Waals surface area (Å²) in [5, 5.41) is 8.19. The third kappa shape index (κ3) is 3.10. The highest BCUT2D eigenvalue weighted by Crippen LogP contribution is 2.29. The minimum absolute atomic E-state index is 0.454. The topological polar surface area (TPSA) is 78.9 Å². The molecule has 9 nitrogen and oxygen atoms in total. The van der Waals surface area contributed by atoms with Crippen molar-refractivity contribution in [2.24, 2.45) is 0 Å². The molecule has 154 valence electrons. The molecule has 1 aliphatic carbocycles. The van der Waals surface area contributed by atoms with E-state index < -0.39 is 0 Å². The fourth-order valence-electron chi connectivity index (χ4n) is 4.54. The number of likely N-dealkylation sites (N-methyl/N-ethyl adjacent to an activating group) is 1. The Morgan fingerprint density at radius 1 is 1.00 bits per heavy atom. The van der Waals surface area contributed by atoms with Gasteiger partial charge in [-0.15, -0.1) is 5.10 Å². The molecule has 4 aromatic heterocycles. The van der Waals surface area contributed by atoms with Crippen LogP contribution in [0, 0.1) is 0 Å². The lowest BCUT2D eigenvalue weighted by Crippen LogP contribution is -2.55. The summed E-state index contributed by atoms with van der Waals surface area (Å²) in [6, 6.07) is 3.21. The van der Waals surface area contributed by atoms with Crippen molar-refractivity contribution in [3.63, 3.8) is 0 Å². The molecule has 9 heteroatoms. The average molecular weight is 403 g/mol. The Morgan fingerprint density at radius 3 is 2.73 bits per heavy atom.